The summed E-state index contributed by atoms with van der Waals surface area (Å²) in [5.41, 5.74) is 4.41. The number of aromatic nitrogens is 4. The van der Waals surface area contributed by atoms with Crippen molar-refractivity contribution in [3.05, 3.63) is 92.4 Å². The average molecular weight is 829 g/mol. The molecule has 0 spiro atoms. The van der Waals surface area contributed by atoms with Crippen LogP contribution in [0.3, 0.4) is 0 Å². The maximum atomic E-state index is 13.6. The number of rotatable bonds is 14. The first kappa shape index (κ1) is 41.6. The Labute approximate surface area is 353 Å². The Morgan fingerprint density at radius 2 is 1.59 bits per heavy atom. The first-order valence-electron chi connectivity index (χ1n) is 21.7. The smallest absolute Gasteiger partial charge is 0.263 e. The van der Waals surface area contributed by atoms with E-state index in [1.165, 1.54) is 6.92 Å². The van der Waals surface area contributed by atoms with Crippen molar-refractivity contribution in [3.63, 3.8) is 0 Å². The molecule has 8 rings (SSSR count). The molecule has 3 fully saturated rings. The molecule has 3 aliphatic heterocycles. The summed E-state index contributed by atoms with van der Waals surface area (Å²) in [6, 6.07) is 8.29. The van der Waals surface area contributed by atoms with Crippen LogP contribution in [0.5, 0.6) is 0 Å². The fraction of sp³-hybridized carbons (Fsp3) is 0.478. The fourth-order valence-electron chi connectivity index (χ4n) is 9.53. The second-order valence-corrected chi connectivity index (χ2v) is 16.8. The monoisotopic (exact) mass is 828 g/mol. The van der Waals surface area contributed by atoms with Gasteiger partial charge in [0.2, 0.25) is 17.7 Å². The lowest BCUT2D eigenvalue weighted by Crippen LogP contribution is -2.54. The lowest BCUT2D eigenvalue weighted by molar-refractivity contribution is -0.136. The van der Waals surface area contributed by atoms with Gasteiger partial charge in [-0.2, -0.15) is 0 Å². The van der Waals surface area contributed by atoms with Gasteiger partial charge in [0.25, 0.3) is 17.4 Å². The number of hydrogen-bond donors (Lipinski definition) is 1. The van der Waals surface area contributed by atoms with E-state index in [0.29, 0.717) is 73.6 Å². The highest BCUT2D eigenvalue weighted by Crippen LogP contribution is 2.33. The van der Waals surface area contributed by atoms with Crippen LogP contribution in [0.25, 0.3) is 11.0 Å². The van der Waals surface area contributed by atoms with Crippen molar-refractivity contribution < 1.29 is 28.8 Å². The first-order chi connectivity index (χ1) is 29.5. The van der Waals surface area contributed by atoms with Crippen molar-refractivity contribution in [1.82, 2.24) is 34.6 Å². The quantitative estimate of drug-likeness (QED) is 0.102. The molecule has 1 saturated carbocycles. The molecular weight excluding hydrogens is 777 g/mol. The minimum absolute atomic E-state index is 0.0186. The molecule has 15 nitrogen and oxygen atoms in total. The zero-order valence-electron chi connectivity index (χ0n) is 34.9. The van der Waals surface area contributed by atoms with Gasteiger partial charge in [-0.3, -0.25) is 53.3 Å². The molecule has 4 aliphatic rings. The number of Topliss-reactive ketones (excluding diaryl/α,β-unsaturated/α-hetero) is 1. The van der Waals surface area contributed by atoms with Crippen LogP contribution in [0.1, 0.15) is 144 Å². The zero-order valence-corrected chi connectivity index (χ0v) is 34.9. The maximum Gasteiger partial charge on any atom is 0.263 e. The van der Waals surface area contributed by atoms with Gasteiger partial charge in [0, 0.05) is 62.3 Å². The van der Waals surface area contributed by atoms with E-state index < -0.39 is 29.7 Å². The highest BCUT2D eigenvalue weighted by molar-refractivity contribution is 6.24. The van der Waals surface area contributed by atoms with Gasteiger partial charge in [0.15, 0.2) is 5.78 Å². The molecular formula is C46H52N8O7. The van der Waals surface area contributed by atoms with Crippen LogP contribution >= 0.6 is 0 Å². The Kier molecular flexibility index (Phi) is 12.2. The van der Waals surface area contributed by atoms with Crippen molar-refractivity contribution in [1.29, 1.82) is 0 Å². The summed E-state index contributed by atoms with van der Waals surface area (Å²) < 4.78 is 1.73. The second kappa shape index (κ2) is 17.8. The molecule has 5 amide bonds. The number of benzene rings is 1. The van der Waals surface area contributed by atoms with Crippen LogP contribution in [0, 0.1) is 6.92 Å². The van der Waals surface area contributed by atoms with E-state index in [1.807, 2.05) is 29.3 Å². The highest BCUT2D eigenvalue weighted by Gasteiger charge is 2.45. The number of anilines is 1. The van der Waals surface area contributed by atoms with Crippen LogP contribution in [0.4, 0.5) is 5.69 Å². The van der Waals surface area contributed by atoms with Crippen molar-refractivity contribution in [2.45, 2.75) is 116 Å². The predicted octanol–water partition coefficient (Wildman–Crippen LogP) is 5.04. The van der Waals surface area contributed by atoms with Gasteiger partial charge in [-0.25, -0.2) is 9.97 Å². The number of ketones is 1. The van der Waals surface area contributed by atoms with Gasteiger partial charge in [0.1, 0.15) is 17.5 Å². The average Bonchev–Trinajstić information content (AvgIpc) is 3.87. The van der Waals surface area contributed by atoms with E-state index in [0.717, 1.165) is 85.0 Å². The van der Waals surface area contributed by atoms with E-state index in [4.69, 9.17) is 9.97 Å². The number of imide groups is 2. The molecule has 1 atom stereocenters. The number of amides is 5. The van der Waals surface area contributed by atoms with E-state index in [9.17, 15) is 33.6 Å². The Morgan fingerprint density at radius 1 is 0.836 bits per heavy atom. The molecule has 0 bridgehead atoms. The SMILES string of the molecule is CC(=O)c1c(C)c2cnc(Cc3ccc(N4CCN(C(=O)CCCCCCCc5cccc6c5C(=O)N(C5CCC(=O)NC5=O)C6=O)CC4)cn3)nc2n(C2CCCC2)c1=O. The Hall–Kier alpha value is -6.12. The first-order valence-corrected chi connectivity index (χ1v) is 21.7. The standard InChI is InChI=1S/C46H52N8O7/c1-28-35-27-48-37(49-42(35)53(32-13-8-9-14-32)45(60)40(28)29(2)55)25-31-17-18-33(26-47-31)51-21-23-52(24-22-51)39(57)16-7-5-3-4-6-11-30-12-10-15-34-41(30)46(61)54(44(34)59)36-19-20-38(56)50-43(36)58/h10,12,15,17-18,26-27,32,36H,3-9,11,13-14,16,19-25H2,1-2H3,(H,50,56,58). The van der Waals surface area contributed by atoms with Gasteiger partial charge < -0.3 is 9.80 Å². The lowest BCUT2D eigenvalue weighted by atomic mass is 9.97. The van der Waals surface area contributed by atoms with Crippen LogP contribution in [0.2, 0.25) is 0 Å². The summed E-state index contributed by atoms with van der Waals surface area (Å²) in [5.74, 6) is -1.49. The van der Waals surface area contributed by atoms with Gasteiger partial charge in [-0.1, -0.05) is 44.2 Å². The number of carbonyl (C=O) groups excluding carboxylic acids is 6. The molecule has 0 radical (unpaired) electrons. The van der Waals surface area contributed by atoms with Crippen molar-refractivity contribution in [2.24, 2.45) is 0 Å². The van der Waals surface area contributed by atoms with E-state index in [1.54, 1.807) is 29.8 Å². The number of nitrogens with zero attached hydrogens (tertiary/aromatic N) is 7. The molecule has 318 valence electrons. The van der Waals surface area contributed by atoms with Crippen LogP contribution in [-0.4, -0.2) is 96.9 Å². The van der Waals surface area contributed by atoms with Crippen molar-refractivity contribution in [2.75, 3.05) is 31.1 Å². The van der Waals surface area contributed by atoms with Gasteiger partial charge >= 0.3 is 0 Å². The van der Waals surface area contributed by atoms with Crippen LogP contribution < -0.4 is 15.8 Å². The number of pyridine rings is 2. The third-order valence-electron chi connectivity index (χ3n) is 12.8. The van der Waals surface area contributed by atoms with Crippen LogP contribution in [-0.2, 0) is 27.2 Å². The normalized spacial score (nSPS) is 18.3. The minimum Gasteiger partial charge on any atom is -0.367 e. The summed E-state index contributed by atoms with van der Waals surface area (Å²) in [4.78, 5) is 109. The highest BCUT2D eigenvalue weighted by atomic mass is 16.2. The number of unbranched alkanes of at least 4 members (excludes halogenated alkanes) is 4. The van der Waals surface area contributed by atoms with Gasteiger partial charge in [-0.15, -0.1) is 0 Å². The van der Waals surface area contributed by atoms with E-state index >= 15 is 0 Å². The number of aryl methyl sites for hydroxylation is 2. The van der Waals surface area contributed by atoms with Gasteiger partial charge in [-0.05, 0) is 81.7 Å². The number of piperidine rings is 1. The van der Waals surface area contributed by atoms with Crippen LogP contribution in [0.15, 0.2) is 47.5 Å². The number of carbonyl (C=O) groups is 6. The topological polar surface area (TPSA) is 185 Å². The summed E-state index contributed by atoms with van der Waals surface area (Å²) in [5, 5.41) is 2.96. The second-order valence-electron chi connectivity index (χ2n) is 16.8. The fourth-order valence-corrected chi connectivity index (χ4v) is 9.53. The molecule has 1 aliphatic carbocycles. The molecule has 1 aromatic carbocycles. The molecule has 6 heterocycles. The summed E-state index contributed by atoms with van der Waals surface area (Å²) >= 11 is 0. The number of hydrogen-bond acceptors (Lipinski definition) is 11. The largest absolute Gasteiger partial charge is 0.367 e. The molecule has 2 saturated heterocycles. The summed E-state index contributed by atoms with van der Waals surface area (Å²) in [6.07, 6.45) is 13.6. The molecule has 4 aromatic rings. The molecule has 1 unspecified atom stereocenters. The lowest BCUT2D eigenvalue weighted by Gasteiger charge is -2.36. The number of nitrogens with one attached hydrogen (secondary N) is 1. The summed E-state index contributed by atoms with van der Waals surface area (Å²) in [7, 11) is 0. The predicted molar refractivity (Wildman–Crippen MR) is 226 cm³/mol. The van der Waals surface area contributed by atoms with Crippen molar-refractivity contribution >= 4 is 52.0 Å². The number of fused-ring (bicyclic) bond motifs is 2. The maximum absolute atomic E-state index is 13.6. The molecule has 3 aromatic heterocycles. The van der Waals surface area contributed by atoms with Gasteiger partial charge in [0.05, 0.1) is 35.0 Å². The Balaban J connectivity index is 0.772. The van der Waals surface area contributed by atoms with Crippen molar-refractivity contribution in [3.8, 4) is 0 Å². The summed E-state index contributed by atoms with van der Waals surface area (Å²) in [6.45, 7) is 5.94. The third-order valence-corrected chi connectivity index (χ3v) is 12.8. The molecule has 15 heteroatoms. The Morgan fingerprint density at radius 3 is 2.31 bits per heavy atom. The number of piperazine rings is 1. The zero-order chi connectivity index (χ0) is 42.8. The van der Waals surface area contributed by atoms with E-state index in [2.05, 4.69) is 15.2 Å². The third kappa shape index (κ3) is 8.47. The Bertz CT molecular complexity index is 2470. The molecule has 61 heavy (non-hydrogen) atoms. The minimum atomic E-state index is -0.980. The van der Waals surface area contributed by atoms with E-state index in [-0.39, 0.29) is 41.7 Å². The molecule has 1 N–H and O–H groups in total.